The van der Waals surface area contributed by atoms with Crippen molar-refractivity contribution in [1.82, 2.24) is 25.1 Å². The van der Waals surface area contributed by atoms with Gasteiger partial charge >= 0.3 is 0 Å². The van der Waals surface area contributed by atoms with Crippen molar-refractivity contribution >= 4 is 34.1 Å². The summed E-state index contributed by atoms with van der Waals surface area (Å²) in [5.41, 5.74) is 3.18. The maximum absolute atomic E-state index is 13.3. The molecule has 3 heterocycles. The average molecular weight is 440 g/mol. The summed E-state index contributed by atoms with van der Waals surface area (Å²) in [5.74, 6) is -0.200. The summed E-state index contributed by atoms with van der Waals surface area (Å²) in [6.07, 6.45) is 3.37. The molecule has 7 nitrogen and oxygen atoms in total. The Morgan fingerprint density at radius 3 is 2.71 bits per heavy atom. The van der Waals surface area contributed by atoms with Crippen LogP contribution in [0.5, 0.6) is 0 Å². The maximum Gasteiger partial charge on any atom is 0.245 e. The predicted octanol–water partition coefficient (Wildman–Crippen LogP) is 2.58. The van der Waals surface area contributed by atoms with Crippen LogP contribution in [0.2, 0.25) is 0 Å². The van der Waals surface area contributed by atoms with Gasteiger partial charge in [-0.25, -0.2) is 4.98 Å². The number of benzene rings is 1. The highest BCUT2D eigenvalue weighted by Crippen LogP contribution is 2.20. The molecule has 1 unspecified atom stereocenters. The summed E-state index contributed by atoms with van der Waals surface area (Å²) in [6.45, 7) is 7.35. The molecule has 2 aromatic heterocycles. The largest absolute Gasteiger partial charge is 0.361 e. The number of amides is 2. The molecule has 1 saturated heterocycles. The van der Waals surface area contributed by atoms with Gasteiger partial charge < -0.3 is 15.2 Å². The lowest BCUT2D eigenvalue weighted by Crippen LogP contribution is -2.55. The smallest absolute Gasteiger partial charge is 0.245 e. The van der Waals surface area contributed by atoms with Crippen molar-refractivity contribution in [3.8, 4) is 0 Å². The third-order valence-corrected chi connectivity index (χ3v) is 6.79. The first kappa shape index (κ1) is 21.5. The molecular weight excluding hydrogens is 410 g/mol. The highest BCUT2D eigenvalue weighted by atomic mass is 32.1. The van der Waals surface area contributed by atoms with E-state index in [4.69, 9.17) is 0 Å². The van der Waals surface area contributed by atoms with Crippen LogP contribution in [0.3, 0.4) is 0 Å². The van der Waals surface area contributed by atoms with E-state index in [2.05, 4.69) is 32.5 Å². The number of carbonyl (C=O) groups is 2. The topological polar surface area (TPSA) is 81.3 Å². The van der Waals surface area contributed by atoms with Gasteiger partial charge in [0.2, 0.25) is 11.8 Å². The van der Waals surface area contributed by atoms with Crippen molar-refractivity contribution in [2.24, 2.45) is 0 Å². The third-order valence-electron chi connectivity index (χ3n) is 5.75. The van der Waals surface area contributed by atoms with Gasteiger partial charge in [-0.1, -0.05) is 25.1 Å². The summed E-state index contributed by atoms with van der Waals surface area (Å²) < 4.78 is 0. The van der Waals surface area contributed by atoms with E-state index in [0.29, 0.717) is 19.5 Å². The number of nitrogens with zero attached hydrogens (tertiary/aromatic N) is 3. The van der Waals surface area contributed by atoms with Gasteiger partial charge in [-0.05, 0) is 18.1 Å². The van der Waals surface area contributed by atoms with Gasteiger partial charge in [0.25, 0.3) is 0 Å². The lowest BCUT2D eigenvalue weighted by Gasteiger charge is -2.36. The zero-order chi connectivity index (χ0) is 21.8. The molecular formula is C23H29N5O2S. The van der Waals surface area contributed by atoms with Gasteiger partial charge in [0, 0.05) is 68.5 Å². The number of rotatable bonds is 7. The van der Waals surface area contributed by atoms with E-state index in [1.165, 1.54) is 11.9 Å². The van der Waals surface area contributed by atoms with Gasteiger partial charge in [-0.15, -0.1) is 11.3 Å². The van der Waals surface area contributed by atoms with E-state index in [1.807, 2.05) is 35.4 Å². The molecule has 0 bridgehead atoms. The van der Waals surface area contributed by atoms with E-state index in [0.717, 1.165) is 48.2 Å². The van der Waals surface area contributed by atoms with Crippen molar-refractivity contribution in [2.45, 2.75) is 39.3 Å². The van der Waals surface area contributed by atoms with Crippen LogP contribution in [0.15, 0.2) is 35.8 Å². The van der Waals surface area contributed by atoms with Crippen LogP contribution in [0.1, 0.15) is 30.1 Å². The minimum absolute atomic E-state index is 0.0120. The van der Waals surface area contributed by atoms with Crippen molar-refractivity contribution in [3.63, 3.8) is 0 Å². The molecule has 8 heteroatoms. The van der Waals surface area contributed by atoms with Gasteiger partial charge in [-0.3, -0.25) is 14.5 Å². The van der Waals surface area contributed by atoms with Crippen LogP contribution >= 0.6 is 11.3 Å². The van der Waals surface area contributed by atoms with Gasteiger partial charge in [0.1, 0.15) is 6.04 Å². The fraction of sp³-hybridized carbons (Fsp3) is 0.435. The van der Waals surface area contributed by atoms with Crippen molar-refractivity contribution < 1.29 is 9.59 Å². The van der Waals surface area contributed by atoms with Gasteiger partial charge in [0.15, 0.2) is 0 Å². The summed E-state index contributed by atoms with van der Waals surface area (Å²) in [6, 6.07) is 7.46. The number of para-hydroxylation sites is 1. The Morgan fingerprint density at radius 2 is 2.00 bits per heavy atom. The quantitative estimate of drug-likeness (QED) is 0.593. The van der Waals surface area contributed by atoms with Crippen LogP contribution in [-0.4, -0.2) is 63.8 Å². The number of thiazole rings is 1. The Kier molecular flexibility index (Phi) is 6.67. The van der Waals surface area contributed by atoms with Crippen LogP contribution < -0.4 is 5.32 Å². The standard InChI is InChI=1S/C23H29N5O2S/c1-3-22-26-18(15-31-22)14-27-8-10-28(11-9-27)23(30)21(25-16(2)29)12-17-13-24-20-7-5-4-6-19(17)20/h4-7,13,15,21,24H,3,8-12,14H2,1-2H3,(H,25,29). The molecule has 0 radical (unpaired) electrons. The SMILES string of the molecule is CCc1nc(CN2CCN(C(=O)C(Cc3c[nH]c4ccccc34)NC(C)=O)CC2)cs1. The first-order valence-corrected chi connectivity index (χ1v) is 11.7. The number of piperazine rings is 1. The van der Waals surface area contributed by atoms with Crippen LogP contribution in [0.4, 0.5) is 0 Å². The molecule has 3 aromatic rings. The van der Waals surface area contributed by atoms with Crippen molar-refractivity contribution in [2.75, 3.05) is 26.2 Å². The number of carbonyl (C=O) groups excluding carboxylic acids is 2. The Hall–Kier alpha value is -2.71. The number of H-pyrrole nitrogens is 1. The van der Waals surface area contributed by atoms with Crippen LogP contribution in [0, 0.1) is 0 Å². The molecule has 0 aliphatic carbocycles. The Bertz CT molecular complexity index is 1050. The summed E-state index contributed by atoms with van der Waals surface area (Å²) >= 11 is 1.71. The van der Waals surface area contributed by atoms with E-state index < -0.39 is 6.04 Å². The molecule has 1 aromatic carbocycles. The number of nitrogens with one attached hydrogen (secondary N) is 2. The second kappa shape index (κ2) is 9.62. The number of aryl methyl sites for hydroxylation is 1. The second-order valence-corrected chi connectivity index (χ2v) is 8.95. The average Bonchev–Trinajstić information content (AvgIpc) is 3.40. The van der Waals surface area contributed by atoms with E-state index in [9.17, 15) is 9.59 Å². The minimum Gasteiger partial charge on any atom is -0.361 e. The van der Waals surface area contributed by atoms with E-state index >= 15 is 0 Å². The van der Waals surface area contributed by atoms with Crippen LogP contribution in [0.25, 0.3) is 10.9 Å². The number of hydrogen-bond donors (Lipinski definition) is 2. The third kappa shape index (κ3) is 5.14. The highest BCUT2D eigenvalue weighted by Gasteiger charge is 2.29. The molecule has 31 heavy (non-hydrogen) atoms. The summed E-state index contributed by atoms with van der Waals surface area (Å²) in [5, 5.41) is 7.26. The monoisotopic (exact) mass is 439 g/mol. The fourth-order valence-corrected chi connectivity index (χ4v) is 4.86. The van der Waals surface area contributed by atoms with Crippen molar-refractivity contribution in [1.29, 1.82) is 0 Å². The fourth-order valence-electron chi connectivity index (χ4n) is 4.13. The number of aromatic amines is 1. The molecule has 1 atom stereocenters. The molecule has 1 fully saturated rings. The molecule has 0 spiro atoms. The lowest BCUT2D eigenvalue weighted by atomic mass is 10.0. The summed E-state index contributed by atoms with van der Waals surface area (Å²) in [4.78, 5) is 37.2. The Labute approximate surface area is 186 Å². The zero-order valence-electron chi connectivity index (χ0n) is 18.1. The molecule has 2 N–H and O–H groups in total. The Balaban J connectivity index is 1.39. The summed E-state index contributed by atoms with van der Waals surface area (Å²) in [7, 11) is 0. The van der Waals surface area contributed by atoms with Gasteiger partial charge in [-0.2, -0.15) is 0 Å². The number of aromatic nitrogens is 2. The minimum atomic E-state index is -0.561. The van der Waals surface area contributed by atoms with Crippen LogP contribution in [-0.2, 0) is 29.0 Å². The lowest BCUT2D eigenvalue weighted by molar-refractivity contribution is -0.137. The molecule has 4 rings (SSSR count). The van der Waals surface area contributed by atoms with Gasteiger partial charge in [0.05, 0.1) is 10.7 Å². The molecule has 0 saturated carbocycles. The van der Waals surface area contributed by atoms with E-state index in [1.54, 1.807) is 11.3 Å². The normalized spacial score (nSPS) is 15.9. The van der Waals surface area contributed by atoms with Crippen molar-refractivity contribution in [3.05, 3.63) is 52.1 Å². The molecule has 164 valence electrons. The van der Waals surface area contributed by atoms with E-state index in [-0.39, 0.29) is 11.8 Å². The highest BCUT2D eigenvalue weighted by molar-refractivity contribution is 7.09. The molecule has 1 aliphatic rings. The molecule has 2 amide bonds. The number of fused-ring (bicyclic) bond motifs is 1. The maximum atomic E-state index is 13.3. The predicted molar refractivity (Wildman–Crippen MR) is 123 cm³/mol. The first-order chi connectivity index (χ1) is 15.0. The Morgan fingerprint density at radius 1 is 1.23 bits per heavy atom. The number of hydrogen-bond acceptors (Lipinski definition) is 5. The molecule has 1 aliphatic heterocycles. The first-order valence-electron chi connectivity index (χ1n) is 10.8. The zero-order valence-corrected chi connectivity index (χ0v) is 18.9. The second-order valence-electron chi connectivity index (χ2n) is 8.00.